The summed E-state index contributed by atoms with van der Waals surface area (Å²) in [5.41, 5.74) is 1.36. The monoisotopic (exact) mass is 251 g/mol. The molecule has 0 aromatic carbocycles. The average molecular weight is 251 g/mol. The molecule has 2 aliphatic rings. The second-order valence-electron chi connectivity index (χ2n) is 5.09. The quantitative estimate of drug-likeness (QED) is 0.890. The highest BCUT2D eigenvalue weighted by Crippen LogP contribution is 2.41. The van der Waals surface area contributed by atoms with E-state index in [1.807, 2.05) is 11.3 Å². The van der Waals surface area contributed by atoms with Crippen LogP contribution >= 0.6 is 11.3 Å². The van der Waals surface area contributed by atoms with Crippen LogP contribution in [0.25, 0.3) is 0 Å². The molecule has 1 aliphatic heterocycles. The third kappa shape index (κ3) is 2.54. The van der Waals surface area contributed by atoms with Crippen molar-refractivity contribution >= 4 is 11.3 Å². The molecule has 0 amide bonds. The van der Waals surface area contributed by atoms with E-state index in [0.717, 1.165) is 32.1 Å². The van der Waals surface area contributed by atoms with Gasteiger partial charge < -0.3 is 5.32 Å². The Morgan fingerprint density at radius 1 is 1.47 bits per heavy atom. The van der Waals surface area contributed by atoms with Gasteiger partial charge in [-0.15, -0.1) is 11.3 Å². The average Bonchev–Trinajstić information content (AvgIpc) is 3.12. The van der Waals surface area contributed by atoms with Crippen LogP contribution in [0.1, 0.15) is 48.8 Å². The maximum atomic E-state index is 4.88. The number of rotatable bonds is 4. The first-order valence-corrected chi connectivity index (χ1v) is 7.66. The van der Waals surface area contributed by atoms with Crippen LogP contribution in [0.3, 0.4) is 0 Å². The first-order valence-electron chi connectivity index (χ1n) is 6.78. The minimum absolute atomic E-state index is 0.551. The molecule has 1 N–H and O–H groups in total. The largest absolute Gasteiger partial charge is 0.314 e. The molecule has 1 unspecified atom stereocenters. The first kappa shape index (κ1) is 11.6. The van der Waals surface area contributed by atoms with Crippen molar-refractivity contribution in [3.63, 3.8) is 0 Å². The molecule has 0 bridgehead atoms. The van der Waals surface area contributed by atoms with Gasteiger partial charge in [0.15, 0.2) is 0 Å². The fourth-order valence-electron chi connectivity index (χ4n) is 2.60. The van der Waals surface area contributed by atoms with Crippen LogP contribution in [0.2, 0.25) is 0 Å². The summed E-state index contributed by atoms with van der Waals surface area (Å²) in [6, 6.07) is 0.551. The van der Waals surface area contributed by atoms with Gasteiger partial charge in [-0.1, -0.05) is 6.92 Å². The maximum Gasteiger partial charge on any atom is 0.110 e. The molecular formula is C13H21N3S. The van der Waals surface area contributed by atoms with E-state index in [4.69, 9.17) is 4.98 Å². The van der Waals surface area contributed by atoms with Crippen LogP contribution in [0.15, 0.2) is 5.38 Å². The molecule has 94 valence electrons. The zero-order valence-corrected chi connectivity index (χ0v) is 11.3. The van der Waals surface area contributed by atoms with Crippen molar-refractivity contribution in [2.45, 2.75) is 38.1 Å². The number of hydrogen-bond donors (Lipinski definition) is 1. The molecule has 1 saturated heterocycles. The summed E-state index contributed by atoms with van der Waals surface area (Å²) in [5.74, 6) is 0.792. The van der Waals surface area contributed by atoms with Gasteiger partial charge in [0, 0.05) is 37.5 Å². The molecule has 1 aromatic rings. The Morgan fingerprint density at radius 3 is 2.88 bits per heavy atom. The van der Waals surface area contributed by atoms with Gasteiger partial charge >= 0.3 is 0 Å². The molecule has 1 atom stereocenters. The predicted molar refractivity (Wildman–Crippen MR) is 71.6 cm³/mol. The van der Waals surface area contributed by atoms with Gasteiger partial charge in [-0.3, -0.25) is 4.90 Å². The van der Waals surface area contributed by atoms with Gasteiger partial charge in [0.05, 0.1) is 11.7 Å². The van der Waals surface area contributed by atoms with E-state index >= 15 is 0 Å². The smallest absolute Gasteiger partial charge is 0.110 e. The highest BCUT2D eigenvalue weighted by atomic mass is 32.1. The van der Waals surface area contributed by atoms with Crippen molar-refractivity contribution in [3.05, 3.63) is 16.1 Å². The summed E-state index contributed by atoms with van der Waals surface area (Å²) < 4.78 is 0. The SMILES string of the molecule is CCC(c1nc(C2CC2)cs1)N1CCNCC1. The number of aromatic nitrogens is 1. The summed E-state index contributed by atoms with van der Waals surface area (Å²) in [7, 11) is 0. The molecule has 1 aromatic heterocycles. The van der Waals surface area contributed by atoms with Crippen LogP contribution < -0.4 is 5.32 Å². The van der Waals surface area contributed by atoms with E-state index < -0.39 is 0 Å². The van der Waals surface area contributed by atoms with Crippen LogP contribution in [-0.2, 0) is 0 Å². The lowest BCUT2D eigenvalue weighted by Gasteiger charge is -2.33. The van der Waals surface area contributed by atoms with Crippen LogP contribution in [0.5, 0.6) is 0 Å². The number of nitrogens with one attached hydrogen (secondary N) is 1. The molecule has 3 nitrogen and oxygen atoms in total. The number of thiazole rings is 1. The van der Waals surface area contributed by atoms with E-state index in [0.29, 0.717) is 6.04 Å². The minimum Gasteiger partial charge on any atom is -0.314 e. The lowest BCUT2D eigenvalue weighted by Crippen LogP contribution is -2.45. The van der Waals surface area contributed by atoms with Crippen LogP contribution in [0.4, 0.5) is 0 Å². The molecule has 2 heterocycles. The standard InChI is InChI=1S/C13H21N3S/c1-2-12(16-7-5-14-6-8-16)13-15-11(9-17-13)10-3-4-10/h9-10,12,14H,2-8H2,1H3. The Bertz CT molecular complexity index is 366. The van der Waals surface area contributed by atoms with Crippen LogP contribution in [-0.4, -0.2) is 36.1 Å². The molecule has 2 fully saturated rings. The zero-order chi connectivity index (χ0) is 11.7. The van der Waals surface area contributed by atoms with Gasteiger partial charge in [0.2, 0.25) is 0 Å². The minimum atomic E-state index is 0.551. The van der Waals surface area contributed by atoms with Gasteiger partial charge in [0.1, 0.15) is 5.01 Å². The summed E-state index contributed by atoms with van der Waals surface area (Å²) in [4.78, 5) is 7.46. The number of nitrogens with zero attached hydrogens (tertiary/aromatic N) is 2. The Morgan fingerprint density at radius 2 is 2.24 bits per heavy atom. The highest BCUT2D eigenvalue weighted by Gasteiger charge is 2.28. The van der Waals surface area contributed by atoms with E-state index in [2.05, 4.69) is 22.5 Å². The molecule has 0 radical (unpaired) electrons. The number of hydrogen-bond acceptors (Lipinski definition) is 4. The normalized spacial score (nSPS) is 23.8. The Balaban J connectivity index is 1.73. The predicted octanol–water partition coefficient (Wildman–Crippen LogP) is 2.38. The van der Waals surface area contributed by atoms with Gasteiger partial charge in [-0.05, 0) is 19.3 Å². The topological polar surface area (TPSA) is 28.2 Å². The van der Waals surface area contributed by atoms with Crippen molar-refractivity contribution in [1.82, 2.24) is 15.2 Å². The van der Waals surface area contributed by atoms with Crippen molar-refractivity contribution < 1.29 is 0 Å². The molecule has 4 heteroatoms. The highest BCUT2D eigenvalue weighted by molar-refractivity contribution is 7.09. The summed E-state index contributed by atoms with van der Waals surface area (Å²) in [6.07, 6.45) is 3.89. The lowest BCUT2D eigenvalue weighted by molar-refractivity contribution is 0.169. The third-order valence-corrected chi connectivity index (χ3v) is 4.76. The van der Waals surface area contributed by atoms with Crippen molar-refractivity contribution in [2.24, 2.45) is 0 Å². The van der Waals surface area contributed by atoms with Crippen molar-refractivity contribution in [2.75, 3.05) is 26.2 Å². The fourth-order valence-corrected chi connectivity index (χ4v) is 3.72. The first-order chi connectivity index (χ1) is 8.38. The third-order valence-electron chi connectivity index (χ3n) is 3.80. The molecule has 3 rings (SSSR count). The lowest BCUT2D eigenvalue weighted by atomic mass is 10.2. The van der Waals surface area contributed by atoms with Gasteiger partial charge in [-0.2, -0.15) is 0 Å². The second kappa shape index (κ2) is 5.04. The molecular weight excluding hydrogens is 230 g/mol. The van der Waals surface area contributed by atoms with E-state index in [-0.39, 0.29) is 0 Å². The zero-order valence-electron chi connectivity index (χ0n) is 10.5. The van der Waals surface area contributed by atoms with Crippen molar-refractivity contribution in [1.29, 1.82) is 0 Å². The molecule has 1 saturated carbocycles. The molecule has 17 heavy (non-hydrogen) atoms. The number of piperazine rings is 1. The fraction of sp³-hybridized carbons (Fsp3) is 0.769. The Kier molecular flexibility index (Phi) is 3.45. The van der Waals surface area contributed by atoms with Crippen LogP contribution in [0, 0.1) is 0 Å². The maximum absolute atomic E-state index is 4.88. The summed E-state index contributed by atoms with van der Waals surface area (Å²) in [5, 5.41) is 7.05. The van der Waals surface area contributed by atoms with Gasteiger partial charge in [-0.25, -0.2) is 4.98 Å². The molecule has 1 aliphatic carbocycles. The van der Waals surface area contributed by atoms with Gasteiger partial charge in [0.25, 0.3) is 0 Å². The van der Waals surface area contributed by atoms with E-state index in [1.165, 1.54) is 30.0 Å². The summed E-state index contributed by atoms with van der Waals surface area (Å²) in [6.45, 7) is 6.85. The Labute approximate surface area is 107 Å². The summed E-state index contributed by atoms with van der Waals surface area (Å²) >= 11 is 1.87. The van der Waals surface area contributed by atoms with E-state index in [9.17, 15) is 0 Å². The second-order valence-corrected chi connectivity index (χ2v) is 5.98. The van der Waals surface area contributed by atoms with Crippen molar-refractivity contribution in [3.8, 4) is 0 Å². The molecule has 0 spiro atoms. The van der Waals surface area contributed by atoms with E-state index in [1.54, 1.807) is 0 Å². The Hall–Kier alpha value is -0.450.